The Hall–Kier alpha value is -2.58. The maximum atomic E-state index is 14.5. The Morgan fingerprint density at radius 3 is 2.40 bits per heavy atom. The number of anilines is 1. The van der Waals surface area contributed by atoms with Crippen LogP contribution in [0, 0.1) is 12.7 Å². The molecule has 0 spiro atoms. The maximum Gasteiger partial charge on any atom is 0.417 e. The van der Waals surface area contributed by atoms with Crippen molar-refractivity contribution in [1.29, 1.82) is 0 Å². The van der Waals surface area contributed by atoms with Crippen molar-refractivity contribution in [2.45, 2.75) is 57.2 Å². The highest BCUT2D eigenvalue weighted by atomic mass is 19.4. The minimum Gasteiger partial charge on any atom is -0.380 e. The molecule has 1 aromatic heterocycles. The molecule has 1 saturated heterocycles. The molecule has 35 heavy (non-hydrogen) atoms. The van der Waals surface area contributed by atoms with Gasteiger partial charge in [0.2, 0.25) is 0 Å². The zero-order valence-electron chi connectivity index (χ0n) is 20.5. The third-order valence-corrected chi connectivity index (χ3v) is 7.32. The van der Waals surface area contributed by atoms with Gasteiger partial charge in [0.25, 0.3) is 0 Å². The van der Waals surface area contributed by atoms with Crippen molar-refractivity contribution in [3.05, 3.63) is 65.1 Å². The van der Waals surface area contributed by atoms with Crippen molar-refractivity contribution >= 4 is 16.6 Å². The van der Waals surface area contributed by atoms with E-state index >= 15 is 0 Å². The first-order valence-electron chi connectivity index (χ1n) is 11.8. The molecule has 1 aliphatic heterocycles. The summed E-state index contributed by atoms with van der Waals surface area (Å²) in [6.45, 7) is 9.10. The number of halogens is 4. The molecule has 0 saturated carbocycles. The van der Waals surface area contributed by atoms with E-state index in [4.69, 9.17) is 4.74 Å². The molecule has 2 heterocycles. The summed E-state index contributed by atoms with van der Waals surface area (Å²) >= 11 is 0. The highest BCUT2D eigenvalue weighted by molar-refractivity contribution is 5.84. The number of aromatic nitrogens is 1. The smallest absolute Gasteiger partial charge is 0.380 e. The molecule has 1 fully saturated rings. The van der Waals surface area contributed by atoms with Crippen LogP contribution in [-0.4, -0.2) is 48.2 Å². The van der Waals surface area contributed by atoms with E-state index in [1.54, 1.807) is 32.9 Å². The van der Waals surface area contributed by atoms with Gasteiger partial charge in [0.15, 0.2) is 5.60 Å². The SMILES string of the molecule is Cc1ccc(F)cc1C(C)(C)CC(O)(C(C)c1cc2cc(N3CCOCC3)ccc2[nH]1)C(F)(F)F. The van der Waals surface area contributed by atoms with Crippen LogP contribution in [-0.2, 0) is 10.2 Å². The van der Waals surface area contributed by atoms with Gasteiger partial charge in [-0.3, -0.25) is 0 Å². The zero-order chi connectivity index (χ0) is 25.6. The van der Waals surface area contributed by atoms with E-state index in [0.29, 0.717) is 35.6 Å². The number of aliphatic hydroxyl groups is 1. The molecule has 0 amide bonds. The fourth-order valence-electron chi connectivity index (χ4n) is 5.24. The summed E-state index contributed by atoms with van der Waals surface area (Å²) < 4.78 is 62.8. The summed E-state index contributed by atoms with van der Waals surface area (Å²) in [6.07, 6.45) is -5.52. The van der Waals surface area contributed by atoms with Crippen LogP contribution in [0.25, 0.3) is 10.9 Å². The lowest BCUT2D eigenvalue weighted by Gasteiger charge is -2.41. The van der Waals surface area contributed by atoms with E-state index in [9.17, 15) is 22.7 Å². The van der Waals surface area contributed by atoms with Gasteiger partial charge in [0.05, 0.1) is 13.2 Å². The van der Waals surface area contributed by atoms with Gasteiger partial charge in [-0.25, -0.2) is 4.39 Å². The predicted octanol–water partition coefficient (Wildman–Crippen LogP) is 6.22. The number of ether oxygens (including phenoxy) is 1. The first-order chi connectivity index (χ1) is 16.3. The predicted molar refractivity (Wildman–Crippen MR) is 130 cm³/mol. The third-order valence-electron chi connectivity index (χ3n) is 7.32. The second-order valence-corrected chi connectivity index (χ2v) is 10.3. The van der Waals surface area contributed by atoms with Crippen molar-refractivity contribution in [1.82, 2.24) is 4.98 Å². The molecule has 4 rings (SSSR count). The minimum absolute atomic E-state index is 0.297. The number of nitrogens with one attached hydrogen (secondary N) is 1. The molecule has 4 nitrogen and oxygen atoms in total. The Morgan fingerprint density at radius 2 is 1.74 bits per heavy atom. The lowest BCUT2D eigenvalue weighted by atomic mass is 9.69. The summed E-state index contributed by atoms with van der Waals surface area (Å²) in [5, 5.41) is 12.0. The van der Waals surface area contributed by atoms with Gasteiger partial charge in [-0.1, -0.05) is 26.8 Å². The second kappa shape index (κ2) is 9.13. The van der Waals surface area contributed by atoms with Gasteiger partial charge >= 0.3 is 6.18 Å². The topological polar surface area (TPSA) is 48.5 Å². The van der Waals surface area contributed by atoms with Crippen LogP contribution in [0.4, 0.5) is 23.2 Å². The van der Waals surface area contributed by atoms with Crippen molar-refractivity contribution in [3.63, 3.8) is 0 Å². The molecule has 2 unspecified atom stereocenters. The maximum absolute atomic E-state index is 14.5. The van der Waals surface area contributed by atoms with E-state index in [-0.39, 0.29) is 0 Å². The fourth-order valence-corrected chi connectivity index (χ4v) is 5.24. The average molecular weight is 493 g/mol. The quantitative estimate of drug-likeness (QED) is 0.402. The summed E-state index contributed by atoms with van der Waals surface area (Å²) in [5.41, 5.74) is -1.08. The molecular formula is C27H32F4N2O2. The van der Waals surface area contributed by atoms with Crippen LogP contribution in [0.2, 0.25) is 0 Å². The van der Waals surface area contributed by atoms with Gasteiger partial charge in [-0.15, -0.1) is 0 Å². The van der Waals surface area contributed by atoms with Crippen LogP contribution in [0.1, 0.15) is 49.9 Å². The largest absolute Gasteiger partial charge is 0.417 e. The van der Waals surface area contributed by atoms with Gasteiger partial charge in [-0.2, -0.15) is 13.2 Å². The van der Waals surface area contributed by atoms with Gasteiger partial charge in [-0.05, 0) is 66.3 Å². The first-order valence-corrected chi connectivity index (χ1v) is 11.8. The van der Waals surface area contributed by atoms with E-state index < -0.39 is 35.3 Å². The summed E-state index contributed by atoms with van der Waals surface area (Å²) in [6, 6.07) is 11.5. The molecule has 2 atom stereocenters. The summed E-state index contributed by atoms with van der Waals surface area (Å²) in [4.78, 5) is 5.26. The third kappa shape index (κ3) is 4.91. The molecule has 0 aliphatic carbocycles. The van der Waals surface area contributed by atoms with Crippen LogP contribution in [0.3, 0.4) is 0 Å². The van der Waals surface area contributed by atoms with Crippen LogP contribution >= 0.6 is 0 Å². The number of nitrogens with zero attached hydrogens (tertiary/aromatic N) is 1. The average Bonchev–Trinajstić information content (AvgIpc) is 3.23. The van der Waals surface area contributed by atoms with Gasteiger partial charge in [0.1, 0.15) is 5.82 Å². The van der Waals surface area contributed by atoms with E-state index in [1.807, 2.05) is 18.2 Å². The number of H-pyrrole nitrogens is 1. The molecule has 0 bridgehead atoms. The van der Waals surface area contributed by atoms with Crippen LogP contribution in [0.5, 0.6) is 0 Å². The number of hydrogen-bond donors (Lipinski definition) is 2. The molecule has 2 N–H and O–H groups in total. The lowest BCUT2D eigenvalue weighted by Crippen LogP contribution is -2.52. The zero-order valence-corrected chi connectivity index (χ0v) is 20.5. The van der Waals surface area contributed by atoms with Crippen molar-refractivity contribution in [2.75, 3.05) is 31.2 Å². The second-order valence-electron chi connectivity index (χ2n) is 10.3. The van der Waals surface area contributed by atoms with Crippen molar-refractivity contribution in [3.8, 4) is 0 Å². The number of morpholine rings is 1. The molecule has 2 aromatic carbocycles. The highest BCUT2D eigenvalue weighted by Crippen LogP contribution is 2.49. The number of benzene rings is 2. The summed E-state index contributed by atoms with van der Waals surface area (Å²) in [7, 11) is 0. The number of alkyl halides is 3. The Morgan fingerprint density at radius 1 is 1.06 bits per heavy atom. The Kier molecular flexibility index (Phi) is 6.66. The van der Waals surface area contributed by atoms with E-state index in [1.165, 1.54) is 19.1 Å². The fraction of sp³-hybridized carbons (Fsp3) is 0.481. The number of hydrogen-bond acceptors (Lipinski definition) is 3. The van der Waals surface area contributed by atoms with Gasteiger partial charge < -0.3 is 19.7 Å². The monoisotopic (exact) mass is 492 g/mol. The number of rotatable bonds is 6. The normalized spacial score (nSPS) is 18.0. The number of fused-ring (bicyclic) bond motifs is 1. The lowest BCUT2D eigenvalue weighted by molar-refractivity contribution is -0.274. The van der Waals surface area contributed by atoms with E-state index in [2.05, 4.69) is 9.88 Å². The molecule has 190 valence electrons. The Bertz CT molecular complexity index is 1200. The summed E-state index contributed by atoms with van der Waals surface area (Å²) in [5.74, 6) is -1.80. The van der Waals surface area contributed by atoms with E-state index in [0.717, 1.165) is 24.2 Å². The Labute approximate surface area is 202 Å². The van der Waals surface area contributed by atoms with Crippen LogP contribution in [0.15, 0.2) is 42.5 Å². The molecule has 0 radical (unpaired) electrons. The van der Waals surface area contributed by atoms with Gasteiger partial charge in [0, 0.05) is 41.3 Å². The molecule has 3 aromatic rings. The number of aryl methyl sites for hydroxylation is 1. The Balaban J connectivity index is 1.69. The number of aromatic amines is 1. The highest BCUT2D eigenvalue weighted by Gasteiger charge is 2.59. The molecule has 8 heteroatoms. The van der Waals surface area contributed by atoms with Crippen molar-refractivity contribution < 1.29 is 27.4 Å². The first kappa shape index (κ1) is 25.5. The standard InChI is InChI=1S/C27H32F4N2O2/c1-17-5-6-20(28)15-22(17)25(3,4)16-26(34,27(29,30)31)18(2)24-14-19-13-21(7-8-23(19)32-24)33-9-11-35-12-10-33/h5-8,13-15,18,32,34H,9-12,16H2,1-4H3. The molecule has 1 aliphatic rings. The van der Waals surface area contributed by atoms with Crippen molar-refractivity contribution in [2.24, 2.45) is 0 Å². The molecular weight excluding hydrogens is 460 g/mol. The minimum atomic E-state index is -4.90. The van der Waals surface area contributed by atoms with Crippen LogP contribution < -0.4 is 4.90 Å².